The Bertz CT molecular complexity index is 583. The number of carbonyl (C=O) groups is 2. The summed E-state index contributed by atoms with van der Waals surface area (Å²) in [6.07, 6.45) is 19.3. The van der Waals surface area contributed by atoms with Crippen molar-refractivity contribution < 1.29 is 14.4 Å². The molecule has 2 aliphatic carbocycles. The van der Waals surface area contributed by atoms with Crippen molar-refractivity contribution in [2.75, 3.05) is 6.61 Å². The first-order chi connectivity index (χ1) is 13.7. The second kappa shape index (κ2) is 12.7. The Morgan fingerprint density at radius 1 is 0.929 bits per heavy atom. The lowest BCUT2D eigenvalue weighted by Gasteiger charge is -2.31. The molecule has 0 spiro atoms. The van der Waals surface area contributed by atoms with Crippen LogP contribution >= 0.6 is 0 Å². The van der Waals surface area contributed by atoms with Crippen LogP contribution in [0.3, 0.4) is 0 Å². The third-order valence-corrected chi connectivity index (χ3v) is 5.74. The van der Waals surface area contributed by atoms with Crippen LogP contribution in [0.2, 0.25) is 0 Å². The van der Waals surface area contributed by atoms with Gasteiger partial charge in [-0.15, -0.1) is 0 Å². The number of carbonyl (C=O) groups excluding carboxylic acids is 2. The Hall–Kier alpha value is -1.68. The van der Waals surface area contributed by atoms with Gasteiger partial charge in [-0.3, -0.25) is 19.9 Å². The van der Waals surface area contributed by atoms with Crippen molar-refractivity contribution in [3.8, 4) is 0 Å². The fraction of sp³-hybridized carbons (Fsp3) is 0.667. The van der Waals surface area contributed by atoms with Crippen molar-refractivity contribution in [1.29, 1.82) is 0 Å². The second-order valence-corrected chi connectivity index (χ2v) is 7.94. The van der Waals surface area contributed by atoms with E-state index in [4.69, 9.17) is 4.84 Å². The first-order valence-corrected chi connectivity index (χ1v) is 11.1. The average molecular weight is 388 g/mol. The highest BCUT2D eigenvalue weighted by atomic mass is 16.6. The van der Waals surface area contributed by atoms with Crippen molar-refractivity contribution in [3.05, 3.63) is 35.6 Å². The van der Waals surface area contributed by atoms with Crippen LogP contribution in [0.5, 0.6) is 0 Å². The van der Waals surface area contributed by atoms with E-state index in [0.29, 0.717) is 43.1 Å². The summed E-state index contributed by atoms with van der Waals surface area (Å²) in [6, 6.07) is 0. The van der Waals surface area contributed by atoms with Crippen LogP contribution in [-0.2, 0) is 14.4 Å². The van der Waals surface area contributed by atoms with Gasteiger partial charge in [-0.2, -0.15) is 0 Å². The maximum Gasteiger partial charge on any atom is 0.168 e. The van der Waals surface area contributed by atoms with Gasteiger partial charge in [0.05, 0.1) is 17.9 Å². The summed E-state index contributed by atoms with van der Waals surface area (Å²) < 4.78 is 0. The van der Waals surface area contributed by atoms with Crippen LogP contribution in [-0.4, -0.2) is 18.2 Å². The quantitative estimate of drug-likeness (QED) is 0.279. The third kappa shape index (κ3) is 7.05. The number of hydroxylamine groups is 1. The molecule has 1 N–H and O–H groups in total. The highest BCUT2D eigenvalue weighted by Gasteiger charge is 2.36. The van der Waals surface area contributed by atoms with Crippen molar-refractivity contribution in [2.45, 2.75) is 84.5 Å². The van der Waals surface area contributed by atoms with E-state index in [2.05, 4.69) is 29.8 Å². The van der Waals surface area contributed by atoms with E-state index in [1.165, 1.54) is 0 Å². The van der Waals surface area contributed by atoms with Gasteiger partial charge in [0.2, 0.25) is 0 Å². The molecule has 4 heteroatoms. The van der Waals surface area contributed by atoms with Crippen molar-refractivity contribution in [2.24, 2.45) is 11.8 Å². The van der Waals surface area contributed by atoms with Crippen LogP contribution in [0.15, 0.2) is 35.6 Å². The Morgan fingerprint density at radius 3 is 2.21 bits per heavy atom. The Balaban J connectivity index is 2.09. The fourth-order valence-corrected chi connectivity index (χ4v) is 4.30. The van der Waals surface area contributed by atoms with E-state index in [1.54, 1.807) is 0 Å². The number of ketones is 2. The summed E-state index contributed by atoms with van der Waals surface area (Å²) in [4.78, 5) is 31.1. The zero-order valence-corrected chi connectivity index (χ0v) is 17.7. The van der Waals surface area contributed by atoms with Crippen molar-refractivity contribution >= 4 is 11.6 Å². The molecule has 1 atom stereocenters. The van der Waals surface area contributed by atoms with Crippen molar-refractivity contribution in [3.63, 3.8) is 0 Å². The summed E-state index contributed by atoms with van der Waals surface area (Å²) >= 11 is 0. The lowest BCUT2D eigenvalue weighted by atomic mass is 9.73. The third-order valence-electron chi connectivity index (χ3n) is 5.74. The first-order valence-electron chi connectivity index (χ1n) is 11.1. The van der Waals surface area contributed by atoms with Gasteiger partial charge >= 0.3 is 0 Å². The molecule has 0 aromatic heterocycles. The molecule has 28 heavy (non-hydrogen) atoms. The van der Waals surface area contributed by atoms with E-state index < -0.39 is 0 Å². The molecular weight excluding hydrogens is 350 g/mol. The smallest absolute Gasteiger partial charge is 0.168 e. The normalized spacial score (nSPS) is 26.9. The highest BCUT2D eigenvalue weighted by molar-refractivity contribution is 6.22. The van der Waals surface area contributed by atoms with Gasteiger partial charge in [-0.1, -0.05) is 37.6 Å². The molecule has 0 bridgehead atoms. The minimum absolute atomic E-state index is 0.00143. The van der Waals surface area contributed by atoms with E-state index in [1.807, 2.05) is 13.8 Å². The lowest BCUT2D eigenvalue weighted by molar-refractivity contribution is -0.126. The van der Waals surface area contributed by atoms with Gasteiger partial charge in [0, 0.05) is 12.8 Å². The van der Waals surface area contributed by atoms with Crippen LogP contribution in [0.25, 0.3) is 0 Å². The molecule has 1 fully saturated rings. The average Bonchev–Trinajstić information content (AvgIpc) is 2.66. The second-order valence-electron chi connectivity index (χ2n) is 7.94. The lowest BCUT2D eigenvalue weighted by Crippen LogP contribution is -2.33. The monoisotopic (exact) mass is 387 g/mol. The van der Waals surface area contributed by atoms with Crippen LogP contribution < -0.4 is 5.48 Å². The SMILES string of the molecule is CCCC(NOCC)=C1C(=O)CC(C2CC/C=C/CC/C=C/CCC2)CC1=O. The molecule has 0 aliphatic heterocycles. The summed E-state index contributed by atoms with van der Waals surface area (Å²) in [5.74, 6) is 0.623. The molecule has 2 aliphatic rings. The number of nitrogens with one attached hydrogen (secondary N) is 1. The topological polar surface area (TPSA) is 55.4 Å². The van der Waals surface area contributed by atoms with E-state index in [-0.39, 0.29) is 17.5 Å². The highest BCUT2D eigenvalue weighted by Crippen LogP contribution is 2.35. The molecule has 4 nitrogen and oxygen atoms in total. The van der Waals surface area contributed by atoms with Gasteiger partial charge in [-0.25, -0.2) is 0 Å². The zero-order valence-electron chi connectivity index (χ0n) is 17.7. The maximum absolute atomic E-state index is 12.9. The maximum atomic E-state index is 12.9. The van der Waals surface area contributed by atoms with Gasteiger partial charge in [0.25, 0.3) is 0 Å². The Kier molecular flexibility index (Phi) is 10.3. The molecule has 0 heterocycles. The molecule has 1 saturated carbocycles. The molecule has 1 unspecified atom stereocenters. The van der Waals surface area contributed by atoms with E-state index in [0.717, 1.165) is 51.4 Å². The first kappa shape index (κ1) is 22.6. The molecule has 0 radical (unpaired) electrons. The number of rotatable bonds is 6. The molecule has 0 saturated heterocycles. The Morgan fingerprint density at radius 2 is 1.57 bits per heavy atom. The van der Waals surface area contributed by atoms with E-state index >= 15 is 0 Å². The van der Waals surface area contributed by atoms with Crippen LogP contribution in [0.4, 0.5) is 0 Å². The number of hydrogen-bond acceptors (Lipinski definition) is 4. The predicted octanol–water partition coefficient (Wildman–Crippen LogP) is 5.60. The van der Waals surface area contributed by atoms with Gasteiger partial charge in [0.15, 0.2) is 11.6 Å². The largest absolute Gasteiger partial charge is 0.294 e. The summed E-state index contributed by atoms with van der Waals surface area (Å²) in [7, 11) is 0. The summed E-state index contributed by atoms with van der Waals surface area (Å²) in [6.45, 7) is 4.42. The number of Topliss-reactive ketones (excluding diaryl/α,β-unsaturated/α-hetero) is 2. The standard InChI is InChI=1S/C24H37NO3/c1-3-14-21(25-28-4-2)24-22(26)17-20(18-23(24)27)19-15-12-10-8-6-5-7-9-11-13-16-19/h6,8-9,11,19-20,25H,3-5,7,10,12-18H2,1-2H3/b8-6+,11-9+,24-21?. The fourth-order valence-electron chi connectivity index (χ4n) is 4.30. The molecular formula is C24H37NO3. The molecule has 156 valence electrons. The Labute approximate surface area is 170 Å². The molecule has 0 amide bonds. The molecule has 0 aromatic rings. The summed E-state index contributed by atoms with van der Waals surface area (Å²) in [5, 5.41) is 0. The van der Waals surface area contributed by atoms with Crippen LogP contribution in [0.1, 0.15) is 84.5 Å². The number of hydrogen-bond donors (Lipinski definition) is 1. The number of allylic oxidation sites excluding steroid dienone is 6. The van der Waals surface area contributed by atoms with Crippen molar-refractivity contribution in [1.82, 2.24) is 5.48 Å². The van der Waals surface area contributed by atoms with Gasteiger partial charge in [-0.05, 0) is 70.1 Å². The zero-order chi connectivity index (χ0) is 20.2. The minimum atomic E-state index is -0.00143. The van der Waals surface area contributed by atoms with Crippen LogP contribution in [0, 0.1) is 11.8 Å². The van der Waals surface area contributed by atoms with E-state index in [9.17, 15) is 9.59 Å². The molecule has 2 rings (SSSR count). The summed E-state index contributed by atoms with van der Waals surface area (Å²) in [5.41, 5.74) is 3.90. The molecule has 0 aromatic carbocycles. The van der Waals surface area contributed by atoms with Gasteiger partial charge in [0.1, 0.15) is 0 Å². The minimum Gasteiger partial charge on any atom is -0.294 e. The van der Waals surface area contributed by atoms with Gasteiger partial charge < -0.3 is 0 Å². The predicted molar refractivity (Wildman–Crippen MR) is 114 cm³/mol.